The van der Waals surface area contributed by atoms with E-state index in [1.54, 1.807) is 0 Å². The van der Waals surface area contributed by atoms with E-state index in [1.165, 1.54) is 38.5 Å². The minimum absolute atomic E-state index is 0.231. The van der Waals surface area contributed by atoms with Crippen molar-refractivity contribution in [2.75, 3.05) is 13.2 Å². The Balaban J connectivity index is 1.72. The van der Waals surface area contributed by atoms with E-state index in [2.05, 4.69) is 12.2 Å². The zero-order valence-electron chi connectivity index (χ0n) is 10.4. The number of nitrogens with one attached hydrogen (secondary N) is 1. The summed E-state index contributed by atoms with van der Waals surface area (Å²) in [6, 6.07) is 0.240. The molecule has 2 rings (SSSR count). The van der Waals surface area contributed by atoms with E-state index in [9.17, 15) is 0 Å². The van der Waals surface area contributed by atoms with E-state index >= 15 is 0 Å². The highest BCUT2D eigenvalue weighted by Crippen LogP contribution is 2.43. The van der Waals surface area contributed by atoms with Crippen LogP contribution in [0.2, 0.25) is 0 Å². The number of aliphatic hydroxyl groups is 1. The molecule has 0 radical (unpaired) electrons. The predicted molar refractivity (Wildman–Crippen MR) is 64.5 cm³/mol. The fraction of sp³-hybridized carbons (Fsp3) is 1.00. The van der Waals surface area contributed by atoms with Crippen molar-refractivity contribution in [3.63, 3.8) is 0 Å². The highest BCUT2D eigenvalue weighted by atomic mass is 16.5. The Morgan fingerprint density at radius 2 is 2.12 bits per heavy atom. The third-order valence-corrected chi connectivity index (χ3v) is 4.20. The molecule has 1 aliphatic carbocycles. The van der Waals surface area contributed by atoms with Gasteiger partial charge >= 0.3 is 0 Å². The Hall–Kier alpha value is -0.120. The van der Waals surface area contributed by atoms with Crippen LogP contribution in [0.25, 0.3) is 0 Å². The Bertz CT molecular complexity index is 210. The lowest BCUT2D eigenvalue weighted by molar-refractivity contribution is -0.0363. The second-order valence-corrected chi connectivity index (χ2v) is 5.36. The van der Waals surface area contributed by atoms with Gasteiger partial charge in [0.25, 0.3) is 0 Å². The second kappa shape index (κ2) is 5.48. The summed E-state index contributed by atoms with van der Waals surface area (Å²) >= 11 is 0. The quantitative estimate of drug-likeness (QED) is 0.753. The van der Waals surface area contributed by atoms with Gasteiger partial charge in [0.1, 0.15) is 0 Å². The van der Waals surface area contributed by atoms with Gasteiger partial charge in [-0.1, -0.05) is 19.8 Å². The van der Waals surface area contributed by atoms with E-state index in [0.717, 1.165) is 13.0 Å². The Kier molecular flexibility index (Phi) is 4.22. The summed E-state index contributed by atoms with van der Waals surface area (Å²) in [6.45, 7) is 3.23. The average molecular weight is 227 g/mol. The molecule has 2 unspecified atom stereocenters. The first-order chi connectivity index (χ1) is 7.78. The molecule has 1 saturated carbocycles. The normalized spacial score (nSPS) is 30.0. The maximum Gasteiger partial charge on any atom is 0.0708 e. The van der Waals surface area contributed by atoms with Crippen LogP contribution in [0.4, 0.5) is 0 Å². The van der Waals surface area contributed by atoms with E-state index < -0.39 is 0 Å². The Labute approximate surface area is 98.6 Å². The minimum Gasteiger partial charge on any atom is -0.395 e. The molecule has 0 aromatic heterocycles. The summed E-state index contributed by atoms with van der Waals surface area (Å²) in [4.78, 5) is 0. The maximum absolute atomic E-state index is 9.10. The van der Waals surface area contributed by atoms with Gasteiger partial charge in [-0.3, -0.25) is 0 Å². The Morgan fingerprint density at radius 1 is 1.38 bits per heavy atom. The van der Waals surface area contributed by atoms with Crippen molar-refractivity contribution < 1.29 is 9.84 Å². The number of hydrogen-bond acceptors (Lipinski definition) is 3. The maximum atomic E-state index is 9.10. The molecule has 0 amide bonds. The lowest BCUT2D eigenvalue weighted by atomic mass is 9.98. The molecule has 2 atom stereocenters. The van der Waals surface area contributed by atoms with Gasteiger partial charge in [0.15, 0.2) is 0 Å². The monoisotopic (exact) mass is 227 g/mol. The van der Waals surface area contributed by atoms with E-state index in [4.69, 9.17) is 9.84 Å². The highest BCUT2D eigenvalue weighted by Gasteiger charge is 2.41. The SMILES string of the molecule is CCC(CO)NCC1CCC2(CCCC2)O1. The zero-order valence-corrected chi connectivity index (χ0v) is 10.4. The highest BCUT2D eigenvalue weighted by molar-refractivity contribution is 4.93. The summed E-state index contributed by atoms with van der Waals surface area (Å²) in [7, 11) is 0. The lowest BCUT2D eigenvalue weighted by Crippen LogP contribution is -2.38. The lowest BCUT2D eigenvalue weighted by Gasteiger charge is -2.24. The first kappa shape index (κ1) is 12.3. The topological polar surface area (TPSA) is 41.5 Å². The molecular formula is C13H25NO2. The summed E-state index contributed by atoms with van der Waals surface area (Å²) < 4.78 is 6.21. The van der Waals surface area contributed by atoms with E-state index in [0.29, 0.717) is 6.10 Å². The fourth-order valence-corrected chi connectivity index (χ4v) is 3.06. The molecule has 1 saturated heterocycles. The number of ether oxygens (including phenoxy) is 1. The number of rotatable bonds is 5. The molecule has 0 aromatic carbocycles. The van der Waals surface area contributed by atoms with Crippen LogP contribution in [0.3, 0.4) is 0 Å². The molecular weight excluding hydrogens is 202 g/mol. The largest absolute Gasteiger partial charge is 0.395 e. The van der Waals surface area contributed by atoms with Gasteiger partial charge in [-0.2, -0.15) is 0 Å². The first-order valence-electron chi connectivity index (χ1n) is 6.80. The first-order valence-corrected chi connectivity index (χ1v) is 6.80. The second-order valence-electron chi connectivity index (χ2n) is 5.36. The summed E-state index contributed by atoms with van der Waals surface area (Å²) in [6.07, 6.45) is 9.00. The predicted octanol–water partition coefficient (Wildman–Crippen LogP) is 1.84. The van der Waals surface area contributed by atoms with Gasteiger partial charge in [-0.15, -0.1) is 0 Å². The third-order valence-electron chi connectivity index (χ3n) is 4.20. The van der Waals surface area contributed by atoms with Crippen molar-refractivity contribution >= 4 is 0 Å². The van der Waals surface area contributed by atoms with E-state index in [-0.39, 0.29) is 18.2 Å². The molecule has 1 spiro atoms. The molecule has 0 bridgehead atoms. The molecule has 0 aromatic rings. The van der Waals surface area contributed by atoms with Crippen molar-refractivity contribution in [3.8, 4) is 0 Å². The van der Waals surface area contributed by atoms with E-state index in [1.807, 2.05) is 0 Å². The van der Waals surface area contributed by atoms with Crippen LogP contribution < -0.4 is 5.32 Å². The molecule has 94 valence electrons. The van der Waals surface area contributed by atoms with Crippen molar-refractivity contribution in [2.45, 2.75) is 69.6 Å². The van der Waals surface area contributed by atoms with Crippen molar-refractivity contribution in [3.05, 3.63) is 0 Å². The standard InChI is InChI=1S/C13H25NO2/c1-2-11(10-15)14-9-12-5-8-13(16-12)6-3-4-7-13/h11-12,14-15H,2-10H2,1H3. The van der Waals surface area contributed by atoms with Crippen LogP contribution in [-0.4, -0.2) is 36.0 Å². The summed E-state index contributed by atoms with van der Waals surface area (Å²) in [5, 5.41) is 12.5. The van der Waals surface area contributed by atoms with Crippen LogP contribution in [0.1, 0.15) is 51.9 Å². The fourth-order valence-electron chi connectivity index (χ4n) is 3.06. The van der Waals surface area contributed by atoms with Crippen molar-refractivity contribution in [2.24, 2.45) is 0 Å². The molecule has 2 N–H and O–H groups in total. The Morgan fingerprint density at radius 3 is 2.75 bits per heavy atom. The van der Waals surface area contributed by atoms with Gasteiger partial charge in [0.05, 0.1) is 18.3 Å². The summed E-state index contributed by atoms with van der Waals surface area (Å²) in [5.41, 5.74) is 0.243. The number of hydrogen-bond donors (Lipinski definition) is 2. The van der Waals surface area contributed by atoms with Gasteiger partial charge in [0.2, 0.25) is 0 Å². The molecule has 16 heavy (non-hydrogen) atoms. The summed E-state index contributed by atoms with van der Waals surface area (Å²) in [5.74, 6) is 0. The zero-order chi connectivity index (χ0) is 11.4. The third kappa shape index (κ3) is 2.76. The number of aliphatic hydroxyl groups excluding tert-OH is 1. The van der Waals surface area contributed by atoms with Gasteiger partial charge in [-0.05, 0) is 32.1 Å². The molecule has 1 aliphatic heterocycles. The molecule has 3 nitrogen and oxygen atoms in total. The van der Waals surface area contributed by atoms with Crippen molar-refractivity contribution in [1.29, 1.82) is 0 Å². The van der Waals surface area contributed by atoms with Crippen LogP contribution in [0.15, 0.2) is 0 Å². The minimum atomic E-state index is 0.231. The molecule has 3 heteroatoms. The average Bonchev–Trinajstić information content (AvgIpc) is 2.92. The molecule has 2 aliphatic rings. The van der Waals surface area contributed by atoms with Crippen LogP contribution in [0.5, 0.6) is 0 Å². The molecule has 1 heterocycles. The van der Waals surface area contributed by atoms with Crippen molar-refractivity contribution in [1.82, 2.24) is 5.32 Å². The van der Waals surface area contributed by atoms with Gasteiger partial charge in [-0.25, -0.2) is 0 Å². The molecule has 2 fully saturated rings. The van der Waals surface area contributed by atoms with Gasteiger partial charge < -0.3 is 15.2 Å². The van der Waals surface area contributed by atoms with Gasteiger partial charge in [0, 0.05) is 12.6 Å². The van der Waals surface area contributed by atoms with Crippen LogP contribution in [0, 0.1) is 0 Å². The smallest absolute Gasteiger partial charge is 0.0708 e. The van der Waals surface area contributed by atoms with Crippen LogP contribution in [-0.2, 0) is 4.74 Å². The van der Waals surface area contributed by atoms with Crippen LogP contribution >= 0.6 is 0 Å².